The monoisotopic (exact) mass is 234 g/mol. The fourth-order valence-electron chi connectivity index (χ4n) is 1.73. The molecule has 0 aromatic carbocycles. The lowest BCUT2D eigenvalue weighted by molar-refractivity contribution is 0.191. The molecule has 15 heavy (non-hydrogen) atoms. The smallest absolute Gasteiger partial charge is 0.409 e. The van der Waals surface area contributed by atoms with Gasteiger partial charge in [-0.3, -0.25) is 9.42 Å². The topological polar surface area (TPSA) is 55.8 Å². The predicted molar refractivity (Wildman–Crippen MR) is 58.3 cm³/mol. The van der Waals surface area contributed by atoms with Crippen molar-refractivity contribution in [2.75, 3.05) is 7.11 Å². The molecule has 0 aliphatic heterocycles. The average Bonchev–Trinajstić information content (AvgIpc) is 2.13. The van der Waals surface area contributed by atoms with Gasteiger partial charge in [0.05, 0.1) is 0 Å². The first kappa shape index (κ1) is 12.8. The summed E-state index contributed by atoms with van der Waals surface area (Å²) in [6.07, 6.45) is 2.76. The first-order valence-electron chi connectivity index (χ1n) is 5.07. The van der Waals surface area contributed by atoms with Crippen molar-refractivity contribution in [1.82, 2.24) is 0 Å². The molecule has 0 heterocycles. The van der Waals surface area contributed by atoms with E-state index in [9.17, 15) is 9.46 Å². The van der Waals surface area contributed by atoms with Gasteiger partial charge in [-0.15, -0.1) is 0 Å². The number of phosphoric ester groups is 1. The first-order chi connectivity index (χ1) is 6.78. The minimum absolute atomic E-state index is 0.0430. The maximum Gasteiger partial charge on any atom is 0.526 e. The van der Waals surface area contributed by atoms with Crippen LogP contribution in [0.15, 0.2) is 11.3 Å². The zero-order valence-electron chi connectivity index (χ0n) is 9.74. The minimum Gasteiger partial charge on any atom is -0.409 e. The molecule has 1 aliphatic rings. The quantitative estimate of drug-likeness (QED) is 0.761. The van der Waals surface area contributed by atoms with Crippen LogP contribution in [0, 0.1) is 5.41 Å². The third-order valence-electron chi connectivity index (χ3n) is 3.10. The second-order valence-corrected chi connectivity index (χ2v) is 6.01. The van der Waals surface area contributed by atoms with Gasteiger partial charge in [-0.25, -0.2) is 4.57 Å². The van der Waals surface area contributed by atoms with E-state index >= 15 is 0 Å². The maximum absolute atomic E-state index is 11.3. The van der Waals surface area contributed by atoms with Crippen LogP contribution in [-0.2, 0) is 13.6 Å². The van der Waals surface area contributed by atoms with Gasteiger partial charge in [0.1, 0.15) is 5.76 Å². The van der Waals surface area contributed by atoms with Crippen LogP contribution in [0.2, 0.25) is 0 Å². The standard InChI is InChI=1S/C10H19O4P/c1-8-9(14-15(11,12)13-4)6-5-7-10(8,2)3/h5-7H2,1-4H3,(H,11,12). The Morgan fingerprint density at radius 3 is 2.60 bits per heavy atom. The summed E-state index contributed by atoms with van der Waals surface area (Å²) >= 11 is 0. The molecule has 88 valence electrons. The molecule has 5 heteroatoms. The summed E-state index contributed by atoms with van der Waals surface area (Å²) in [5.74, 6) is 0.610. The Labute approximate surface area is 90.9 Å². The molecule has 0 aromatic rings. The molecule has 0 radical (unpaired) electrons. The van der Waals surface area contributed by atoms with Crippen molar-refractivity contribution in [3.8, 4) is 0 Å². The molecule has 1 rings (SSSR count). The van der Waals surface area contributed by atoms with Crippen LogP contribution in [0.1, 0.15) is 40.0 Å². The lowest BCUT2D eigenvalue weighted by Crippen LogP contribution is -2.19. The fourth-order valence-corrected chi connectivity index (χ4v) is 2.32. The fraction of sp³-hybridized carbons (Fsp3) is 0.800. The molecule has 1 atom stereocenters. The Morgan fingerprint density at radius 1 is 1.47 bits per heavy atom. The van der Waals surface area contributed by atoms with Gasteiger partial charge in [0, 0.05) is 13.5 Å². The second kappa shape index (κ2) is 4.28. The van der Waals surface area contributed by atoms with Crippen molar-refractivity contribution in [2.24, 2.45) is 5.41 Å². The molecule has 1 aliphatic carbocycles. The van der Waals surface area contributed by atoms with Crippen LogP contribution in [0.4, 0.5) is 0 Å². The van der Waals surface area contributed by atoms with E-state index in [1.807, 2.05) is 6.92 Å². The summed E-state index contributed by atoms with van der Waals surface area (Å²) in [6, 6.07) is 0. The van der Waals surface area contributed by atoms with Crippen molar-refractivity contribution >= 4 is 7.82 Å². The Bertz CT molecular complexity index is 319. The molecule has 0 fully saturated rings. The number of phosphoric acid groups is 1. The molecular formula is C10H19O4P. The van der Waals surface area contributed by atoms with Crippen molar-refractivity contribution in [2.45, 2.75) is 40.0 Å². The highest BCUT2D eigenvalue weighted by atomic mass is 31.2. The molecule has 1 N–H and O–H groups in total. The molecule has 0 aromatic heterocycles. The van der Waals surface area contributed by atoms with Crippen molar-refractivity contribution in [3.63, 3.8) is 0 Å². The van der Waals surface area contributed by atoms with E-state index in [-0.39, 0.29) is 5.41 Å². The Balaban J connectivity index is 2.90. The van der Waals surface area contributed by atoms with Gasteiger partial charge in [0.15, 0.2) is 0 Å². The maximum atomic E-state index is 11.3. The Hall–Kier alpha value is -0.310. The average molecular weight is 234 g/mol. The summed E-state index contributed by atoms with van der Waals surface area (Å²) in [4.78, 5) is 9.24. The third-order valence-corrected chi connectivity index (χ3v) is 4.01. The molecule has 0 saturated carbocycles. The van der Waals surface area contributed by atoms with Gasteiger partial charge in [-0.05, 0) is 30.8 Å². The summed E-state index contributed by atoms with van der Waals surface area (Å²) < 4.78 is 20.7. The van der Waals surface area contributed by atoms with Gasteiger partial charge in [0.25, 0.3) is 0 Å². The zero-order chi connectivity index (χ0) is 11.7. The molecular weight excluding hydrogens is 215 g/mol. The second-order valence-electron chi connectivity index (χ2n) is 4.53. The van der Waals surface area contributed by atoms with Gasteiger partial charge >= 0.3 is 7.82 Å². The van der Waals surface area contributed by atoms with Crippen LogP contribution in [-0.4, -0.2) is 12.0 Å². The minimum atomic E-state index is -3.89. The summed E-state index contributed by atoms with van der Waals surface area (Å²) in [6.45, 7) is 6.17. The number of rotatable bonds is 3. The van der Waals surface area contributed by atoms with Crippen LogP contribution in [0.5, 0.6) is 0 Å². The zero-order valence-corrected chi connectivity index (χ0v) is 10.6. The molecule has 1 unspecified atom stereocenters. The van der Waals surface area contributed by atoms with Crippen molar-refractivity contribution < 1.29 is 18.5 Å². The summed E-state index contributed by atoms with van der Waals surface area (Å²) in [7, 11) is -2.72. The van der Waals surface area contributed by atoms with E-state index < -0.39 is 7.82 Å². The van der Waals surface area contributed by atoms with Gasteiger partial charge in [-0.1, -0.05) is 13.8 Å². The SMILES string of the molecule is COP(=O)(O)OC1=C(C)C(C)(C)CCC1. The van der Waals surface area contributed by atoms with E-state index in [2.05, 4.69) is 18.4 Å². The lowest BCUT2D eigenvalue weighted by atomic mass is 9.76. The first-order valence-corrected chi connectivity index (χ1v) is 6.56. The van der Waals surface area contributed by atoms with Gasteiger partial charge in [-0.2, -0.15) is 0 Å². The van der Waals surface area contributed by atoms with Gasteiger partial charge < -0.3 is 4.52 Å². The largest absolute Gasteiger partial charge is 0.526 e. The molecule has 0 amide bonds. The van der Waals surface area contributed by atoms with E-state index in [1.54, 1.807) is 0 Å². The predicted octanol–water partition coefficient (Wildman–Crippen LogP) is 3.23. The molecule has 0 bridgehead atoms. The highest BCUT2D eigenvalue weighted by Gasteiger charge is 2.31. The van der Waals surface area contributed by atoms with E-state index in [0.29, 0.717) is 12.2 Å². The summed E-state index contributed by atoms with van der Waals surface area (Å²) in [5.41, 5.74) is 1.08. The number of hydrogen-bond donors (Lipinski definition) is 1. The third kappa shape index (κ3) is 3.07. The van der Waals surface area contributed by atoms with Crippen LogP contribution in [0.25, 0.3) is 0 Å². The Morgan fingerprint density at radius 2 is 2.07 bits per heavy atom. The number of hydrogen-bond acceptors (Lipinski definition) is 3. The van der Waals surface area contributed by atoms with Crippen LogP contribution >= 0.6 is 7.82 Å². The molecule has 0 spiro atoms. The molecule has 4 nitrogen and oxygen atoms in total. The molecule has 0 saturated heterocycles. The van der Waals surface area contributed by atoms with E-state index in [0.717, 1.165) is 18.4 Å². The number of allylic oxidation sites excluding steroid dienone is 2. The Kier molecular flexibility index (Phi) is 3.64. The lowest BCUT2D eigenvalue weighted by Gasteiger charge is -2.33. The normalized spacial score (nSPS) is 24.9. The highest BCUT2D eigenvalue weighted by molar-refractivity contribution is 7.47. The van der Waals surface area contributed by atoms with Crippen molar-refractivity contribution in [3.05, 3.63) is 11.3 Å². The van der Waals surface area contributed by atoms with Crippen LogP contribution in [0.3, 0.4) is 0 Å². The highest BCUT2D eigenvalue weighted by Crippen LogP contribution is 2.49. The summed E-state index contributed by atoms with van der Waals surface area (Å²) in [5, 5.41) is 0. The van der Waals surface area contributed by atoms with E-state index in [1.165, 1.54) is 7.11 Å². The van der Waals surface area contributed by atoms with Crippen LogP contribution < -0.4 is 0 Å². The van der Waals surface area contributed by atoms with Crippen molar-refractivity contribution in [1.29, 1.82) is 0 Å². The van der Waals surface area contributed by atoms with Gasteiger partial charge in [0.2, 0.25) is 0 Å². The van der Waals surface area contributed by atoms with E-state index in [4.69, 9.17) is 4.52 Å².